The monoisotopic (exact) mass is 1820 g/mol. The Morgan fingerprint density at radius 1 is 0.235 bits per heavy atom. The van der Waals surface area contributed by atoms with Crippen LogP contribution in [0.5, 0.6) is 0 Å². The van der Waals surface area contributed by atoms with Crippen molar-refractivity contribution < 1.29 is 66.9 Å². The molecule has 0 aliphatic heterocycles. The Morgan fingerprint density at radius 2 is 0.429 bits per heavy atom. The first-order chi connectivity index (χ1) is 55.9. The van der Waals surface area contributed by atoms with Crippen molar-refractivity contribution in [2.45, 2.75) is 49.0 Å². The lowest BCUT2D eigenvalue weighted by Gasteiger charge is -2.02. The van der Waals surface area contributed by atoms with Crippen LogP contribution in [0.3, 0.4) is 0 Å². The van der Waals surface area contributed by atoms with Crippen LogP contribution in [0.1, 0.15) is 0 Å². The van der Waals surface area contributed by atoms with Gasteiger partial charge in [0.15, 0.2) is 38.6 Å². The summed E-state index contributed by atoms with van der Waals surface area (Å²) >= 11 is 26.0. The lowest BCUT2D eigenvalue weighted by molar-refractivity contribution is -0.383. The molecule has 42 nitrogen and oxygen atoms in total. The quantitative estimate of drug-likeness (QED) is 0.0473. The molecule has 0 aliphatic rings. The van der Waals surface area contributed by atoms with Crippen LogP contribution in [0, 0.1) is 70.8 Å². The fourth-order valence-corrected chi connectivity index (χ4v) is 13.2. The van der Waals surface area contributed by atoms with Crippen molar-refractivity contribution in [3.63, 3.8) is 0 Å². The summed E-state index contributed by atoms with van der Waals surface area (Å²) in [6.45, 7) is 0. The average molecular weight is 1820 g/mol. The SMILES string of the molecule is O=[N+]([O-])c1ccc(Cl)c2nonc12.O=[N+]([O-])c1ccc(S)c2nonc12.O=[N+]([O-])c1ccc(S)c2nonc12.O=[N+]([O-])c1ccc(Sc2ccc([N+](=O)[O-])c3nonc23)c2nonc12.O=[N+]([O-])c1ccc(Sc2ccccc2)c2nonc12.O=[N+]([O-])c1ccc(Sc2ccccc2)c2nonc12.S.S.S.Sc1ccccc1.Sc1ccccc1. The first-order valence-corrected chi connectivity index (χ1v) is 36.0. The molecule has 53 heteroatoms. The van der Waals surface area contributed by atoms with Gasteiger partial charge in [0.05, 0.1) is 39.5 Å². The van der Waals surface area contributed by atoms with Crippen LogP contribution in [0.2, 0.25) is 5.02 Å². The molecule has 0 amide bonds. The van der Waals surface area contributed by atoms with Crippen LogP contribution in [-0.4, -0.2) is 107 Å². The molecule has 0 fully saturated rings. The van der Waals surface area contributed by atoms with E-state index in [0.717, 1.165) is 41.1 Å². The largest absolute Gasteiger partial charge is 0.300 e. The predicted molar refractivity (Wildman–Crippen MR) is 453 cm³/mol. The van der Waals surface area contributed by atoms with E-state index in [0.29, 0.717) is 41.6 Å². The molecule has 0 atom stereocenters. The van der Waals surface area contributed by atoms with Gasteiger partial charge in [-0.3, -0.25) is 70.8 Å². The van der Waals surface area contributed by atoms with Gasteiger partial charge >= 0.3 is 39.8 Å². The number of hydrogen-bond acceptors (Lipinski definition) is 42. The highest BCUT2D eigenvalue weighted by atomic mass is 35.5. The Kier molecular flexibility index (Phi) is 33.1. The number of thiol groups is 4. The molecular formula is C66H44ClN21O21S10. The molecule has 0 unspecified atom stereocenters. The summed E-state index contributed by atoms with van der Waals surface area (Å²) in [5.41, 5.74) is 1.57. The van der Waals surface area contributed by atoms with E-state index in [1.807, 2.05) is 121 Å². The van der Waals surface area contributed by atoms with Crippen LogP contribution < -0.4 is 0 Å². The zero-order valence-electron chi connectivity index (χ0n) is 58.5. The molecule has 11 aromatic carbocycles. The number of non-ortho nitro benzene ring substituents is 7. The molecule has 18 aromatic rings. The van der Waals surface area contributed by atoms with Gasteiger partial charge in [0.1, 0.15) is 0 Å². The summed E-state index contributed by atoms with van der Waals surface area (Å²) < 4.78 is 31.6. The molecule has 18 rings (SSSR count). The maximum Gasteiger partial charge on any atom is 0.300 e. The average Bonchev–Trinajstić information content (AvgIpc) is 1.70. The van der Waals surface area contributed by atoms with E-state index in [2.05, 4.69) is 155 Å². The number of halogens is 1. The Bertz CT molecular complexity index is 6140. The molecule has 0 bridgehead atoms. The van der Waals surface area contributed by atoms with Crippen LogP contribution >= 0.6 is 138 Å². The van der Waals surface area contributed by atoms with Crippen molar-refractivity contribution in [1.82, 2.24) is 72.2 Å². The number of fused-ring (bicyclic) bond motifs is 7. The van der Waals surface area contributed by atoms with Gasteiger partial charge in [0, 0.05) is 91.4 Å². The van der Waals surface area contributed by atoms with E-state index >= 15 is 0 Å². The van der Waals surface area contributed by atoms with Crippen molar-refractivity contribution in [3.8, 4) is 0 Å². The summed E-state index contributed by atoms with van der Waals surface area (Å²) in [5.74, 6) is 0. The summed E-state index contributed by atoms with van der Waals surface area (Å²) in [4.78, 5) is 79.0. The summed E-state index contributed by atoms with van der Waals surface area (Å²) in [5, 5.41) is 125. The second kappa shape index (κ2) is 43.1. The van der Waals surface area contributed by atoms with E-state index in [9.17, 15) is 70.8 Å². The number of nitro groups is 7. The van der Waals surface area contributed by atoms with E-state index in [1.165, 1.54) is 96.3 Å². The molecular weight excluding hydrogens is 1780 g/mol. The fraction of sp³-hybridized carbons (Fsp3) is 0. The van der Waals surface area contributed by atoms with Crippen molar-refractivity contribution in [2.75, 3.05) is 0 Å². The highest BCUT2D eigenvalue weighted by molar-refractivity contribution is 8.00. The van der Waals surface area contributed by atoms with Gasteiger partial charge in [-0.2, -0.15) is 40.5 Å². The molecule has 7 heterocycles. The third-order valence-corrected chi connectivity index (χ3v) is 19.4. The van der Waals surface area contributed by atoms with Crippen LogP contribution in [0.25, 0.3) is 77.2 Å². The van der Waals surface area contributed by atoms with E-state index in [-0.39, 0.29) is 140 Å². The van der Waals surface area contributed by atoms with Gasteiger partial charge in [0.25, 0.3) is 0 Å². The van der Waals surface area contributed by atoms with E-state index < -0.39 is 34.5 Å². The number of nitrogens with zero attached hydrogens (tertiary/aromatic N) is 21. The zero-order chi connectivity index (χ0) is 82.5. The number of benzene rings is 11. The highest BCUT2D eigenvalue weighted by Crippen LogP contribution is 2.42. The van der Waals surface area contributed by atoms with Gasteiger partial charge in [-0.05, 0) is 163 Å². The number of aromatic nitrogens is 14. The molecule has 606 valence electrons. The minimum absolute atomic E-state index is 0. The van der Waals surface area contributed by atoms with Crippen LogP contribution in [-0.2, 0) is 0 Å². The maximum absolute atomic E-state index is 11.0. The Labute approximate surface area is 719 Å². The lowest BCUT2D eigenvalue weighted by Crippen LogP contribution is -1.91. The number of nitro benzene ring substituents is 7. The first kappa shape index (κ1) is 91.3. The zero-order valence-corrected chi connectivity index (χ0v) is 68.3. The topological polar surface area (TPSA) is 574 Å². The summed E-state index contributed by atoms with van der Waals surface area (Å²) in [7, 11) is 0. The molecule has 0 radical (unpaired) electrons. The third-order valence-electron chi connectivity index (χ3n) is 14.6. The molecule has 119 heavy (non-hydrogen) atoms. The Hall–Kier alpha value is -13.2. The molecule has 0 saturated heterocycles. The summed E-state index contributed by atoms with van der Waals surface area (Å²) in [6, 6.07) is 58.8. The van der Waals surface area contributed by atoms with Gasteiger partial charge in [0.2, 0.25) is 38.6 Å². The molecule has 0 aliphatic carbocycles. The standard InChI is InChI=1S/C12H4N6O6S.2C12H7N3O3S.C6H2ClN3O3.2C6H3N3O3S.2C6H6S.3H2S/c19-17(20)5-1-3-7(11-9(5)13-23-15-11)25-8-4-2-6(18(21)22)10-12(8)16-24-14-10;2*16-15(17)9-6-7-10(12-11(9)13-18-14-12)19-8-4-2-1-3-5-8;7-3-1-2-4(10(11)12)6-5(3)8-13-9-6;2*10-9(11)3-1-2-4(13)6-5(3)7-12-8-6;2*7-6-4-2-1-3-5-6;;;/h1-4H;2*1-7H;1-2H;2*1-2,13H;2*1-5,7H;3*1H2. The lowest BCUT2D eigenvalue weighted by atomic mass is 10.2. The van der Waals surface area contributed by atoms with Crippen molar-refractivity contribution >= 4 is 255 Å². The number of hydrogen-bond donors (Lipinski definition) is 4. The van der Waals surface area contributed by atoms with Gasteiger partial charge in [-0.1, -0.05) is 120 Å². The third kappa shape index (κ3) is 22.9. The molecule has 7 aromatic heterocycles. The smallest absolute Gasteiger partial charge is 0.258 e. The normalized spacial score (nSPS) is 10.3. The minimum atomic E-state index is -0.591. The summed E-state index contributed by atoms with van der Waals surface area (Å²) in [6.07, 6.45) is 0. The highest BCUT2D eigenvalue weighted by Gasteiger charge is 2.27. The van der Waals surface area contributed by atoms with Crippen molar-refractivity contribution in [3.05, 3.63) is 282 Å². The molecule has 0 spiro atoms. The van der Waals surface area contributed by atoms with Crippen LogP contribution in [0.15, 0.2) is 288 Å². The van der Waals surface area contributed by atoms with Gasteiger partial charge in [-0.15, -0.1) is 50.5 Å². The first-order valence-electron chi connectivity index (χ1n) is 31.4. The maximum atomic E-state index is 11.0. The minimum Gasteiger partial charge on any atom is -0.258 e. The second-order valence-corrected chi connectivity index (χ2v) is 27.5. The Balaban J connectivity index is 0.000000173. The van der Waals surface area contributed by atoms with Gasteiger partial charge < -0.3 is 0 Å². The van der Waals surface area contributed by atoms with Crippen LogP contribution in [0.4, 0.5) is 39.8 Å². The predicted octanol–water partition coefficient (Wildman–Crippen LogP) is 18.2. The van der Waals surface area contributed by atoms with Crippen molar-refractivity contribution in [1.29, 1.82) is 0 Å². The van der Waals surface area contributed by atoms with E-state index in [4.69, 9.17) is 11.6 Å². The Morgan fingerprint density at radius 3 is 0.672 bits per heavy atom. The van der Waals surface area contributed by atoms with E-state index in [1.54, 1.807) is 12.1 Å². The van der Waals surface area contributed by atoms with Gasteiger partial charge in [-0.25, -0.2) is 32.4 Å². The molecule has 0 saturated carbocycles. The fourth-order valence-electron chi connectivity index (χ4n) is 9.39. The number of rotatable bonds is 13. The van der Waals surface area contributed by atoms with Crippen molar-refractivity contribution in [2.24, 2.45) is 0 Å². The molecule has 0 N–H and O–H groups in total. The second-order valence-electron chi connectivity index (χ2n) is 21.7.